The van der Waals surface area contributed by atoms with Crippen LogP contribution in [-0.2, 0) is 11.3 Å². The van der Waals surface area contributed by atoms with Gasteiger partial charge in [0.05, 0.1) is 11.3 Å². The molecule has 0 aromatic carbocycles. The molecule has 0 aliphatic heterocycles. The van der Waals surface area contributed by atoms with Gasteiger partial charge in [0.1, 0.15) is 0 Å². The van der Waals surface area contributed by atoms with Crippen LogP contribution in [0.2, 0.25) is 0 Å². The maximum absolute atomic E-state index is 11.9. The summed E-state index contributed by atoms with van der Waals surface area (Å²) in [5, 5.41) is 5.73. The minimum atomic E-state index is -0.139. The summed E-state index contributed by atoms with van der Waals surface area (Å²) in [6.45, 7) is 13.5. The molecular formula is C20H38N4O2. The zero-order valence-corrected chi connectivity index (χ0v) is 17.4. The fourth-order valence-electron chi connectivity index (χ4n) is 1.80. The van der Waals surface area contributed by atoms with Crippen LogP contribution in [-0.4, -0.2) is 29.9 Å². The number of unbranched alkanes of at least 4 members (excludes halogenated alkanes) is 1. The van der Waals surface area contributed by atoms with Crippen LogP contribution >= 0.6 is 0 Å². The lowest BCUT2D eigenvalue weighted by molar-refractivity contribution is -0.124. The number of carbonyl (C=O) groups is 2. The van der Waals surface area contributed by atoms with E-state index in [1.54, 1.807) is 12.1 Å². The molecule has 1 aromatic rings. The molecule has 2 amide bonds. The van der Waals surface area contributed by atoms with Crippen LogP contribution in [0.15, 0.2) is 18.3 Å². The van der Waals surface area contributed by atoms with E-state index in [9.17, 15) is 9.59 Å². The van der Waals surface area contributed by atoms with Crippen LogP contribution in [0.1, 0.15) is 76.9 Å². The molecule has 1 aromatic heterocycles. The Morgan fingerprint density at radius 2 is 1.65 bits per heavy atom. The second-order valence-electron chi connectivity index (χ2n) is 5.31. The summed E-state index contributed by atoms with van der Waals surface area (Å²) >= 11 is 0. The number of nitrogens with zero attached hydrogens (tertiary/aromatic N) is 1. The molecule has 0 fully saturated rings. The number of rotatable bonds is 9. The number of hydrogen-bond donors (Lipinski definition) is 3. The number of aromatic nitrogens is 1. The van der Waals surface area contributed by atoms with E-state index in [4.69, 9.17) is 5.73 Å². The molecule has 0 bridgehead atoms. The molecule has 1 atom stereocenters. The minimum Gasteiger partial charge on any atom is -0.356 e. The van der Waals surface area contributed by atoms with Gasteiger partial charge in [-0.3, -0.25) is 14.6 Å². The number of carbonyl (C=O) groups excluding carboxylic acids is 2. The van der Waals surface area contributed by atoms with Gasteiger partial charge in [-0.05, 0) is 31.4 Å². The quantitative estimate of drug-likeness (QED) is 0.584. The van der Waals surface area contributed by atoms with Gasteiger partial charge in [0.2, 0.25) is 5.91 Å². The summed E-state index contributed by atoms with van der Waals surface area (Å²) in [6.07, 6.45) is 4.04. The molecule has 6 heteroatoms. The normalized spacial score (nSPS) is 10.4. The van der Waals surface area contributed by atoms with Crippen LogP contribution in [0, 0.1) is 5.92 Å². The van der Waals surface area contributed by atoms with Crippen molar-refractivity contribution in [2.45, 2.75) is 67.3 Å². The summed E-state index contributed by atoms with van der Waals surface area (Å²) < 4.78 is 0. The molecule has 6 nitrogen and oxygen atoms in total. The average molecular weight is 367 g/mol. The smallest absolute Gasteiger partial charge is 0.252 e. The molecule has 0 aliphatic carbocycles. The molecule has 26 heavy (non-hydrogen) atoms. The lowest BCUT2D eigenvalue weighted by Crippen LogP contribution is -2.30. The molecule has 150 valence electrons. The Morgan fingerprint density at radius 3 is 2.12 bits per heavy atom. The highest BCUT2D eigenvalue weighted by molar-refractivity contribution is 5.93. The molecule has 0 spiro atoms. The molecule has 0 saturated carbocycles. The van der Waals surface area contributed by atoms with Crippen molar-refractivity contribution in [1.82, 2.24) is 15.6 Å². The SMILES string of the molecule is CC.CC.CCC(C)C(=O)NCCCCNC(=O)c1ccc(CN)nc1. The third-order valence-corrected chi connectivity index (χ3v) is 3.54. The van der Waals surface area contributed by atoms with Gasteiger partial charge < -0.3 is 16.4 Å². The Labute approximate surface area is 159 Å². The number of nitrogens with two attached hydrogens (primary N) is 1. The van der Waals surface area contributed by atoms with Gasteiger partial charge >= 0.3 is 0 Å². The Hall–Kier alpha value is -1.95. The average Bonchev–Trinajstić information content (AvgIpc) is 2.72. The first kappa shape index (κ1) is 26.3. The highest BCUT2D eigenvalue weighted by Gasteiger charge is 2.09. The van der Waals surface area contributed by atoms with E-state index < -0.39 is 0 Å². The third-order valence-electron chi connectivity index (χ3n) is 3.54. The molecule has 1 unspecified atom stereocenters. The van der Waals surface area contributed by atoms with Crippen molar-refractivity contribution < 1.29 is 9.59 Å². The standard InChI is InChI=1S/C16H26N4O2.2C2H6/c1-3-12(2)15(21)18-8-4-5-9-19-16(22)13-6-7-14(10-17)20-11-13;2*1-2/h6-7,11-12H,3-5,8-10,17H2,1-2H3,(H,18,21)(H,19,22);2*1-2H3. The summed E-state index contributed by atoms with van der Waals surface area (Å²) in [5.41, 5.74) is 6.75. The number of hydrogen-bond acceptors (Lipinski definition) is 4. The fraction of sp³-hybridized carbons (Fsp3) is 0.650. The number of nitrogens with one attached hydrogen (secondary N) is 2. The zero-order valence-electron chi connectivity index (χ0n) is 17.4. The molecule has 0 saturated heterocycles. The largest absolute Gasteiger partial charge is 0.356 e. The lowest BCUT2D eigenvalue weighted by atomic mass is 10.1. The monoisotopic (exact) mass is 366 g/mol. The molecular weight excluding hydrogens is 328 g/mol. The van der Waals surface area contributed by atoms with Gasteiger partial charge in [0.15, 0.2) is 0 Å². The Bertz CT molecular complexity index is 475. The van der Waals surface area contributed by atoms with E-state index in [-0.39, 0.29) is 17.7 Å². The van der Waals surface area contributed by atoms with Crippen molar-refractivity contribution in [2.24, 2.45) is 11.7 Å². The Kier molecular flexibility index (Phi) is 18.1. The van der Waals surface area contributed by atoms with Crippen molar-refractivity contribution >= 4 is 11.8 Å². The van der Waals surface area contributed by atoms with E-state index >= 15 is 0 Å². The summed E-state index contributed by atoms with van der Waals surface area (Å²) in [6, 6.07) is 3.47. The van der Waals surface area contributed by atoms with E-state index in [0.29, 0.717) is 25.2 Å². The summed E-state index contributed by atoms with van der Waals surface area (Å²) in [4.78, 5) is 27.5. The first-order valence-corrected chi connectivity index (χ1v) is 9.79. The van der Waals surface area contributed by atoms with Crippen LogP contribution in [0.25, 0.3) is 0 Å². The van der Waals surface area contributed by atoms with Crippen molar-refractivity contribution in [3.05, 3.63) is 29.6 Å². The molecule has 0 radical (unpaired) electrons. The lowest BCUT2D eigenvalue weighted by Gasteiger charge is -2.10. The van der Waals surface area contributed by atoms with E-state index in [1.807, 2.05) is 41.5 Å². The molecule has 1 rings (SSSR count). The van der Waals surface area contributed by atoms with Crippen molar-refractivity contribution in [3.8, 4) is 0 Å². The first-order chi connectivity index (χ1) is 12.6. The summed E-state index contributed by atoms with van der Waals surface area (Å²) in [5.74, 6) is 0.0148. The van der Waals surface area contributed by atoms with Crippen LogP contribution in [0.4, 0.5) is 0 Å². The van der Waals surface area contributed by atoms with Crippen LogP contribution < -0.4 is 16.4 Å². The van der Waals surface area contributed by atoms with E-state index in [1.165, 1.54) is 6.20 Å². The minimum absolute atomic E-state index is 0.0590. The van der Waals surface area contributed by atoms with Gasteiger partial charge in [-0.1, -0.05) is 41.5 Å². The van der Waals surface area contributed by atoms with Crippen molar-refractivity contribution in [3.63, 3.8) is 0 Å². The fourth-order valence-corrected chi connectivity index (χ4v) is 1.80. The predicted octanol–water partition coefficient (Wildman–Crippen LogP) is 3.27. The molecule has 0 aliphatic rings. The third kappa shape index (κ3) is 11.6. The summed E-state index contributed by atoms with van der Waals surface area (Å²) in [7, 11) is 0. The van der Waals surface area contributed by atoms with Gasteiger partial charge in [0.25, 0.3) is 5.91 Å². The molecule has 1 heterocycles. The first-order valence-electron chi connectivity index (χ1n) is 9.79. The highest BCUT2D eigenvalue weighted by atomic mass is 16.2. The van der Waals surface area contributed by atoms with Gasteiger partial charge in [-0.15, -0.1) is 0 Å². The topological polar surface area (TPSA) is 97.1 Å². The second kappa shape index (κ2) is 17.9. The van der Waals surface area contributed by atoms with Crippen LogP contribution in [0.3, 0.4) is 0 Å². The second-order valence-corrected chi connectivity index (χ2v) is 5.31. The maximum Gasteiger partial charge on any atom is 0.252 e. The zero-order chi connectivity index (χ0) is 20.4. The van der Waals surface area contributed by atoms with E-state index in [0.717, 1.165) is 25.0 Å². The van der Waals surface area contributed by atoms with Gasteiger partial charge in [-0.2, -0.15) is 0 Å². The molecule has 4 N–H and O–H groups in total. The van der Waals surface area contributed by atoms with E-state index in [2.05, 4.69) is 15.6 Å². The van der Waals surface area contributed by atoms with Crippen molar-refractivity contribution in [1.29, 1.82) is 0 Å². The Morgan fingerprint density at radius 1 is 1.08 bits per heavy atom. The Balaban J connectivity index is 0. The van der Waals surface area contributed by atoms with Crippen LogP contribution in [0.5, 0.6) is 0 Å². The maximum atomic E-state index is 11.9. The van der Waals surface area contributed by atoms with Crippen molar-refractivity contribution in [2.75, 3.05) is 13.1 Å². The van der Waals surface area contributed by atoms with Gasteiger partial charge in [0, 0.05) is 31.7 Å². The highest BCUT2D eigenvalue weighted by Crippen LogP contribution is 2.01. The number of pyridine rings is 1. The predicted molar refractivity (Wildman–Crippen MR) is 109 cm³/mol. The number of amides is 2. The van der Waals surface area contributed by atoms with Gasteiger partial charge in [-0.25, -0.2) is 0 Å².